The van der Waals surface area contributed by atoms with Crippen LogP contribution in [0.2, 0.25) is 0 Å². The van der Waals surface area contributed by atoms with Crippen LogP contribution in [-0.2, 0) is 0 Å². The molecule has 0 amide bonds. The van der Waals surface area contributed by atoms with E-state index in [1.807, 2.05) is 0 Å². The van der Waals surface area contributed by atoms with Gasteiger partial charge in [0, 0.05) is 4.47 Å². The van der Waals surface area contributed by atoms with Crippen molar-refractivity contribution in [2.24, 2.45) is 0 Å². The fourth-order valence-electron chi connectivity index (χ4n) is 0.834. The molecule has 1 rings (SSSR count). The molecule has 0 aromatic heterocycles. The standard InChI is InChI=1S/C8H6BrCl3O/c9-6-3-1-5(2-4-6)7(13)8(10,11)12/h1-4,7,13H. The first-order chi connectivity index (χ1) is 5.91. The van der Waals surface area contributed by atoms with Gasteiger partial charge in [-0.15, -0.1) is 0 Å². The highest BCUT2D eigenvalue weighted by Crippen LogP contribution is 2.39. The number of halogens is 4. The quantitative estimate of drug-likeness (QED) is 0.781. The maximum Gasteiger partial charge on any atom is 0.220 e. The summed E-state index contributed by atoms with van der Waals surface area (Å²) in [6, 6.07) is 6.93. The number of hydrogen-bond donors (Lipinski definition) is 1. The molecule has 0 saturated carbocycles. The summed E-state index contributed by atoms with van der Waals surface area (Å²) in [7, 11) is 0. The summed E-state index contributed by atoms with van der Waals surface area (Å²) >= 11 is 19.8. The van der Waals surface area contributed by atoms with Crippen molar-refractivity contribution in [1.29, 1.82) is 0 Å². The molecule has 13 heavy (non-hydrogen) atoms. The Morgan fingerprint density at radius 3 is 2.00 bits per heavy atom. The second-order valence-electron chi connectivity index (χ2n) is 2.50. The zero-order valence-electron chi connectivity index (χ0n) is 6.35. The molecule has 5 heteroatoms. The van der Waals surface area contributed by atoms with Gasteiger partial charge in [-0.1, -0.05) is 62.9 Å². The Bertz CT molecular complexity index is 280. The highest BCUT2D eigenvalue weighted by atomic mass is 79.9. The molecule has 0 radical (unpaired) electrons. The SMILES string of the molecule is OC(c1ccc(Br)cc1)C(Cl)(Cl)Cl. The maximum atomic E-state index is 9.54. The summed E-state index contributed by atoms with van der Waals surface area (Å²) in [5.74, 6) is 0. The van der Waals surface area contributed by atoms with E-state index in [2.05, 4.69) is 15.9 Å². The van der Waals surface area contributed by atoms with Crippen molar-refractivity contribution in [3.8, 4) is 0 Å². The van der Waals surface area contributed by atoms with Crippen molar-refractivity contribution in [3.05, 3.63) is 34.3 Å². The first kappa shape index (κ1) is 11.6. The summed E-state index contributed by atoms with van der Waals surface area (Å²) in [5.41, 5.74) is 0.572. The average Bonchev–Trinajstić information content (AvgIpc) is 2.03. The zero-order valence-corrected chi connectivity index (χ0v) is 10.2. The van der Waals surface area contributed by atoms with Gasteiger partial charge in [0.05, 0.1) is 0 Å². The molecule has 0 bridgehead atoms. The van der Waals surface area contributed by atoms with Gasteiger partial charge >= 0.3 is 0 Å². The van der Waals surface area contributed by atoms with Crippen molar-refractivity contribution in [2.75, 3.05) is 0 Å². The van der Waals surface area contributed by atoms with Crippen LogP contribution in [0.3, 0.4) is 0 Å². The van der Waals surface area contributed by atoms with Gasteiger partial charge in [0.15, 0.2) is 0 Å². The molecule has 1 aromatic carbocycles. The number of rotatable bonds is 1. The highest BCUT2D eigenvalue weighted by Gasteiger charge is 2.31. The lowest BCUT2D eigenvalue weighted by Crippen LogP contribution is -2.16. The van der Waals surface area contributed by atoms with Crippen molar-refractivity contribution >= 4 is 50.7 Å². The van der Waals surface area contributed by atoms with E-state index in [4.69, 9.17) is 34.8 Å². The van der Waals surface area contributed by atoms with Crippen LogP contribution in [-0.4, -0.2) is 8.90 Å². The highest BCUT2D eigenvalue weighted by molar-refractivity contribution is 9.10. The van der Waals surface area contributed by atoms with Gasteiger partial charge in [0.1, 0.15) is 6.10 Å². The van der Waals surface area contributed by atoms with E-state index >= 15 is 0 Å². The average molecular weight is 304 g/mol. The number of benzene rings is 1. The van der Waals surface area contributed by atoms with Gasteiger partial charge in [0.2, 0.25) is 3.79 Å². The smallest absolute Gasteiger partial charge is 0.220 e. The normalized spacial score (nSPS) is 14.2. The summed E-state index contributed by atoms with van der Waals surface area (Å²) in [4.78, 5) is 0. The first-order valence-electron chi connectivity index (χ1n) is 3.41. The van der Waals surface area contributed by atoms with Gasteiger partial charge in [0.25, 0.3) is 0 Å². The van der Waals surface area contributed by atoms with Gasteiger partial charge in [-0.25, -0.2) is 0 Å². The molecule has 0 aliphatic carbocycles. The molecule has 0 aliphatic rings. The van der Waals surface area contributed by atoms with E-state index in [-0.39, 0.29) is 0 Å². The molecule has 0 aliphatic heterocycles. The minimum atomic E-state index is -1.69. The van der Waals surface area contributed by atoms with E-state index in [0.717, 1.165) is 4.47 Å². The second-order valence-corrected chi connectivity index (χ2v) is 5.78. The summed E-state index contributed by atoms with van der Waals surface area (Å²) in [5, 5.41) is 9.54. The predicted octanol–water partition coefficient (Wildman–Crippen LogP) is 3.85. The minimum absolute atomic E-state index is 0.572. The van der Waals surface area contributed by atoms with Gasteiger partial charge in [-0.3, -0.25) is 0 Å². The Morgan fingerprint density at radius 2 is 1.62 bits per heavy atom. The third-order valence-electron chi connectivity index (χ3n) is 1.50. The molecule has 1 N–H and O–H groups in total. The molecular formula is C8H6BrCl3O. The zero-order chi connectivity index (χ0) is 10.1. The summed E-state index contributed by atoms with van der Waals surface area (Å²) in [6.07, 6.45) is -1.11. The van der Waals surface area contributed by atoms with Crippen LogP contribution in [0.5, 0.6) is 0 Å². The molecule has 1 aromatic rings. The van der Waals surface area contributed by atoms with Crippen molar-refractivity contribution in [3.63, 3.8) is 0 Å². The monoisotopic (exact) mass is 302 g/mol. The van der Waals surface area contributed by atoms with Crippen molar-refractivity contribution < 1.29 is 5.11 Å². The molecule has 1 atom stereocenters. The third-order valence-corrected chi connectivity index (χ3v) is 2.64. The number of aliphatic hydroxyl groups excluding tert-OH is 1. The van der Waals surface area contributed by atoms with Crippen molar-refractivity contribution in [1.82, 2.24) is 0 Å². The number of hydrogen-bond acceptors (Lipinski definition) is 1. The lowest BCUT2D eigenvalue weighted by molar-refractivity contribution is 0.182. The Kier molecular flexibility index (Phi) is 3.90. The van der Waals surface area contributed by atoms with E-state index in [1.54, 1.807) is 24.3 Å². The van der Waals surface area contributed by atoms with Gasteiger partial charge in [-0.2, -0.15) is 0 Å². The van der Waals surface area contributed by atoms with Gasteiger partial charge in [-0.05, 0) is 17.7 Å². The van der Waals surface area contributed by atoms with Crippen molar-refractivity contribution in [2.45, 2.75) is 9.90 Å². The van der Waals surface area contributed by atoms with Crippen LogP contribution in [0.1, 0.15) is 11.7 Å². The Hall–Kier alpha value is 0.530. The third kappa shape index (κ3) is 3.30. The van der Waals surface area contributed by atoms with Gasteiger partial charge < -0.3 is 5.11 Å². The molecule has 0 saturated heterocycles. The van der Waals surface area contributed by atoms with Crippen LogP contribution in [0, 0.1) is 0 Å². The molecular weight excluding hydrogens is 298 g/mol. The fourth-order valence-corrected chi connectivity index (χ4v) is 1.48. The Balaban J connectivity index is 2.90. The summed E-state index contributed by atoms with van der Waals surface area (Å²) < 4.78 is -0.777. The van der Waals surface area contributed by atoms with Crippen LogP contribution < -0.4 is 0 Å². The molecule has 0 heterocycles. The Labute approximate surface area is 99.7 Å². The van der Waals surface area contributed by atoms with E-state index in [9.17, 15) is 5.11 Å². The van der Waals surface area contributed by atoms with Crippen LogP contribution in [0.15, 0.2) is 28.7 Å². The lowest BCUT2D eigenvalue weighted by atomic mass is 10.1. The van der Waals surface area contributed by atoms with Crippen LogP contribution >= 0.6 is 50.7 Å². The topological polar surface area (TPSA) is 20.2 Å². The maximum absolute atomic E-state index is 9.54. The van der Waals surface area contributed by atoms with E-state index in [0.29, 0.717) is 5.56 Å². The molecule has 72 valence electrons. The number of aliphatic hydroxyl groups is 1. The minimum Gasteiger partial charge on any atom is -0.384 e. The second kappa shape index (κ2) is 4.37. The molecule has 0 fully saturated rings. The first-order valence-corrected chi connectivity index (χ1v) is 5.34. The van der Waals surface area contributed by atoms with E-state index < -0.39 is 9.90 Å². The molecule has 0 spiro atoms. The van der Waals surface area contributed by atoms with Crippen LogP contribution in [0.4, 0.5) is 0 Å². The lowest BCUT2D eigenvalue weighted by Gasteiger charge is -2.18. The largest absolute Gasteiger partial charge is 0.384 e. The fraction of sp³-hybridized carbons (Fsp3) is 0.250. The predicted molar refractivity (Wildman–Crippen MR) is 59.4 cm³/mol. The van der Waals surface area contributed by atoms with Crippen LogP contribution in [0.25, 0.3) is 0 Å². The van der Waals surface area contributed by atoms with E-state index in [1.165, 1.54) is 0 Å². The Morgan fingerprint density at radius 1 is 1.15 bits per heavy atom. The molecule has 1 nitrogen and oxygen atoms in total. The molecule has 1 unspecified atom stereocenters. The number of alkyl halides is 3. The summed E-state index contributed by atoms with van der Waals surface area (Å²) in [6.45, 7) is 0.